The molecule has 0 radical (unpaired) electrons. The lowest BCUT2D eigenvalue weighted by Crippen LogP contribution is -2.24. The molecule has 30 heavy (non-hydrogen) atoms. The van der Waals surface area contributed by atoms with Gasteiger partial charge in [0.15, 0.2) is 11.6 Å². The summed E-state index contributed by atoms with van der Waals surface area (Å²) in [4.78, 5) is 18.0. The van der Waals surface area contributed by atoms with Crippen LogP contribution < -0.4 is 15.6 Å². The zero-order valence-electron chi connectivity index (χ0n) is 17.5. The maximum atomic E-state index is 15.6. The molecule has 5 nitrogen and oxygen atoms in total. The van der Waals surface area contributed by atoms with Crippen molar-refractivity contribution >= 4 is 34.4 Å². The minimum absolute atomic E-state index is 0.0532. The summed E-state index contributed by atoms with van der Waals surface area (Å²) < 4.78 is 20.5. The van der Waals surface area contributed by atoms with Crippen LogP contribution in [0.3, 0.4) is 0 Å². The fourth-order valence-corrected chi connectivity index (χ4v) is 4.72. The Bertz CT molecular complexity index is 1120. The molecule has 1 aromatic carbocycles. The van der Waals surface area contributed by atoms with E-state index in [4.69, 9.17) is 0 Å². The smallest absolute Gasteiger partial charge is 0.251 e. The third kappa shape index (κ3) is 4.23. The Morgan fingerprint density at radius 2 is 1.97 bits per heavy atom. The summed E-state index contributed by atoms with van der Waals surface area (Å²) in [6.07, 6.45) is 5.59. The number of anilines is 2. The van der Waals surface area contributed by atoms with Gasteiger partial charge in [-0.25, -0.2) is 9.37 Å². The van der Waals surface area contributed by atoms with Gasteiger partial charge < -0.3 is 9.88 Å². The van der Waals surface area contributed by atoms with Gasteiger partial charge in [-0.15, -0.1) is 0 Å². The zero-order valence-corrected chi connectivity index (χ0v) is 18.4. The van der Waals surface area contributed by atoms with Gasteiger partial charge in [-0.1, -0.05) is 12.8 Å². The third-order valence-corrected chi connectivity index (χ3v) is 6.54. The number of rotatable bonds is 6. The van der Waals surface area contributed by atoms with Crippen LogP contribution in [0.15, 0.2) is 46.2 Å². The Morgan fingerprint density at radius 3 is 2.67 bits per heavy atom. The summed E-state index contributed by atoms with van der Waals surface area (Å²) in [5.41, 5.74) is 1.98. The Morgan fingerprint density at radius 1 is 1.20 bits per heavy atom. The molecule has 2 N–H and O–H groups in total. The molecule has 2 heterocycles. The van der Waals surface area contributed by atoms with E-state index in [-0.39, 0.29) is 17.4 Å². The van der Waals surface area contributed by atoms with Gasteiger partial charge >= 0.3 is 0 Å². The molecule has 7 heteroatoms. The second-order valence-corrected chi connectivity index (χ2v) is 9.09. The van der Waals surface area contributed by atoms with Crippen LogP contribution in [0.5, 0.6) is 0 Å². The van der Waals surface area contributed by atoms with Crippen molar-refractivity contribution in [3.8, 4) is 0 Å². The van der Waals surface area contributed by atoms with Gasteiger partial charge in [0.1, 0.15) is 0 Å². The average Bonchev–Trinajstić information content (AvgIpc) is 3.24. The van der Waals surface area contributed by atoms with Crippen LogP contribution in [0.4, 0.5) is 15.9 Å². The first-order chi connectivity index (χ1) is 14.4. The number of hydrogen-bond donors (Lipinski definition) is 2. The van der Waals surface area contributed by atoms with E-state index in [0.717, 1.165) is 41.8 Å². The molecular formula is C23H27FN4OS. The van der Waals surface area contributed by atoms with Crippen molar-refractivity contribution in [2.45, 2.75) is 63.4 Å². The zero-order chi connectivity index (χ0) is 21.3. The van der Waals surface area contributed by atoms with Crippen molar-refractivity contribution in [1.29, 1.82) is 0 Å². The number of aryl methyl sites for hydroxylation is 1. The number of halogens is 1. The molecule has 4 rings (SSSR count). The summed E-state index contributed by atoms with van der Waals surface area (Å²) >= 11 is 1.57. The molecular weight excluding hydrogens is 399 g/mol. The van der Waals surface area contributed by atoms with Crippen LogP contribution in [0.2, 0.25) is 0 Å². The molecule has 1 saturated carbocycles. The molecule has 3 aromatic rings. The molecule has 0 unspecified atom stereocenters. The minimum Gasteiger partial charge on any atom is -0.337 e. The lowest BCUT2D eigenvalue weighted by molar-refractivity contribution is 0.508. The molecule has 0 atom stereocenters. The molecule has 0 bridgehead atoms. The van der Waals surface area contributed by atoms with E-state index in [1.807, 2.05) is 19.1 Å². The van der Waals surface area contributed by atoms with Crippen molar-refractivity contribution in [1.82, 2.24) is 14.3 Å². The Balaban J connectivity index is 1.69. The van der Waals surface area contributed by atoms with Crippen LogP contribution >= 0.6 is 11.9 Å². The fraction of sp³-hybridized carbons (Fsp3) is 0.391. The SMILES string of the molecule is Cc1cc(SNC(C)C)ccc1Nc1ncc2ccc(=O)n(C3CCCC3)c2c1F. The van der Waals surface area contributed by atoms with Gasteiger partial charge in [0.25, 0.3) is 5.56 Å². The summed E-state index contributed by atoms with van der Waals surface area (Å²) in [6.45, 7) is 6.17. The second-order valence-electron chi connectivity index (χ2n) is 8.18. The molecule has 0 saturated heterocycles. The lowest BCUT2D eigenvalue weighted by atomic mass is 10.1. The first-order valence-corrected chi connectivity index (χ1v) is 11.3. The topological polar surface area (TPSA) is 59.0 Å². The van der Waals surface area contributed by atoms with E-state index >= 15 is 4.39 Å². The van der Waals surface area contributed by atoms with Gasteiger partial charge in [-0.05, 0) is 75.4 Å². The molecule has 0 aliphatic heterocycles. The number of pyridine rings is 2. The number of hydrogen-bond acceptors (Lipinski definition) is 5. The van der Waals surface area contributed by atoms with Crippen molar-refractivity contribution in [2.75, 3.05) is 5.32 Å². The number of nitrogens with one attached hydrogen (secondary N) is 2. The standard InChI is InChI=1S/C23H27FN4OS/c1-14(2)27-30-18-9-10-19(15(3)12-18)26-23-21(24)22-16(13-25-23)8-11-20(29)28(22)17-6-4-5-7-17/h8-14,17,27H,4-7H2,1-3H3,(H,25,26). The molecule has 1 aliphatic rings. The monoisotopic (exact) mass is 426 g/mol. The normalized spacial score (nSPS) is 14.7. The summed E-state index contributed by atoms with van der Waals surface area (Å²) in [7, 11) is 0. The van der Waals surface area contributed by atoms with Crippen molar-refractivity contribution in [3.05, 3.63) is 58.3 Å². The molecule has 0 amide bonds. The predicted molar refractivity (Wildman–Crippen MR) is 122 cm³/mol. The summed E-state index contributed by atoms with van der Waals surface area (Å²) in [5.74, 6) is -0.333. The summed E-state index contributed by atoms with van der Waals surface area (Å²) in [6, 6.07) is 9.57. The molecule has 1 fully saturated rings. The molecule has 1 aliphatic carbocycles. The van der Waals surface area contributed by atoms with Gasteiger partial charge in [0, 0.05) is 40.3 Å². The van der Waals surface area contributed by atoms with Crippen molar-refractivity contribution in [2.24, 2.45) is 0 Å². The van der Waals surface area contributed by atoms with E-state index in [2.05, 4.69) is 34.9 Å². The van der Waals surface area contributed by atoms with Crippen molar-refractivity contribution in [3.63, 3.8) is 0 Å². The second kappa shape index (κ2) is 8.78. The maximum Gasteiger partial charge on any atom is 0.251 e. The highest BCUT2D eigenvalue weighted by Gasteiger charge is 2.23. The Kier molecular flexibility index (Phi) is 6.11. The van der Waals surface area contributed by atoms with Crippen LogP contribution in [0, 0.1) is 12.7 Å². The number of nitrogens with zero attached hydrogens (tertiary/aromatic N) is 2. The molecule has 158 valence electrons. The largest absolute Gasteiger partial charge is 0.337 e. The van der Waals surface area contributed by atoms with E-state index in [1.54, 1.807) is 28.8 Å². The van der Waals surface area contributed by atoms with Crippen LogP contribution in [-0.4, -0.2) is 15.6 Å². The van der Waals surface area contributed by atoms with Gasteiger partial charge in [-0.3, -0.25) is 9.52 Å². The predicted octanol–water partition coefficient (Wildman–Crippen LogP) is 5.71. The third-order valence-electron chi connectivity index (χ3n) is 5.46. The number of fused-ring (bicyclic) bond motifs is 1. The summed E-state index contributed by atoms with van der Waals surface area (Å²) in [5, 5.41) is 3.78. The van der Waals surface area contributed by atoms with E-state index < -0.39 is 5.82 Å². The van der Waals surface area contributed by atoms with Gasteiger partial charge in [0.2, 0.25) is 0 Å². The number of benzene rings is 1. The first kappa shape index (κ1) is 20.9. The Hall–Kier alpha value is -2.38. The van der Waals surface area contributed by atoms with Crippen LogP contribution in [0.25, 0.3) is 10.9 Å². The van der Waals surface area contributed by atoms with Crippen molar-refractivity contribution < 1.29 is 4.39 Å². The maximum absolute atomic E-state index is 15.6. The average molecular weight is 427 g/mol. The van der Waals surface area contributed by atoms with Gasteiger partial charge in [-0.2, -0.15) is 0 Å². The van der Waals surface area contributed by atoms with E-state index in [9.17, 15) is 4.79 Å². The highest BCUT2D eigenvalue weighted by atomic mass is 32.2. The highest BCUT2D eigenvalue weighted by molar-refractivity contribution is 7.97. The van der Waals surface area contributed by atoms with Crippen LogP contribution in [-0.2, 0) is 0 Å². The molecule has 0 spiro atoms. The number of aromatic nitrogens is 2. The van der Waals surface area contributed by atoms with E-state index in [1.165, 1.54) is 6.07 Å². The fourth-order valence-electron chi connectivity index (χ4n) is 3.97. The lowest BCUT2D eigenvalue weighted by Gasteiger charge is -2.18. The minimum atomic E-state index is -0.476. The molecule has 2 aromatic heterocycles. The van der Waals surface area contributed by atoms with E-state index in [0.29, 0.717) is 16.9 Å². The Labute approximate surface area is 180 Å². The highest BCUT2D eigenvalue weighted by Crippen LogP contribution is 2.33. The first-order valence-electron chi connectivity index (χ1n) is 10.4. The quantitative estimate of drug-likeness (QED) is 0.495. The van der Waals surface area contributed by atoms with Crippen LogP contribution in [0.1, 0.15) is 51.1 Å². The van der Waals surface area contributed by atoms with Gasteiger partial charge in [0.05, 0.1) is 5.52 Å².